The van der Waals surface area contributed by atoms with Crippen LogP contribution >= 0.6 is 0 Å². The molecule has 0 spiro atoms. The molecule has 2 nitrogen and oxygen atoms in total. The highest BCUT2D eigenvalue weighted by Crippen LogP contribution is 2.36. The molecular weight excluding hydrogens is 246 g/mol. The number of hydrogen-bond donors (Lipinski definition) is 1. The van der Waals surface area contributed by atoms with E-state index < -0.39 is 0 Å². The highest BCUT2D eigenvalue weighted by Gasteiger charge is 2.21. The first-order valence-corrected chi connectivity index (χ1v) is 7.37. The Morgan fingerprint density at radius 3 is 2.70 bits per heavy atom. The molecule has 0 bridgehead atoms. The molecule has 1 N–H and O–H groups in total. The minimum absolute atomic E-state index is 0.0972. The average molecular weight is 267 g/mol. The van der Waals surface area contributed by atoms with Crippen LogP contribution < -0.4 is 10.1 Å². The van der Waals surface area contributed by atoms with Gasteiger partial charge in [-0.3, -0.25) is 0 Å². The molecule has 0 amide bonds. The van der Waals surface area contributed by atoms with Gasteiger partial charge in [0.25, 0.3) is 0 Å². The highest BCUT2D eigenvalue weighted by molar-refractivity contribution is 5.63. The largest absolute Gasteiger partial charge is 0.482 e. The van der Waals surface area contributed by atoms with Crippen molar-refractivity contribution in [1.82, 2.24) is 0 Å². The molecule has 1 unspecified atom stereocenters. The number of para-hydroxylation sites is 1. The van der Waals surface area contributed by atoms with Crippen LogP contribution in [0.2, 0.25) is 0 Å². The lowest BCUT2D eigenvalue weighted by Gasteiger charge is -2.28. The first kappa shape index (κ1) is 13.0. The summed E-state index contributed by atoms with van der Waals surface area (Å²) in [7, 11) is 0. The van der Waals surface area contributed by atoms with Gasteiger partial charge in [0, 0.05) is 0 Å². The third kappa shape index (κ3) is 2.51. The molecule has 20 heavy (non-hydrogen) atoms. The molecule has 0 saturated carbocycles. The van der Waals surface area contributed by atoms with E-state index in [0.29, 0.717) is 0 Å². The van der Waals surface area contributed by atoms with E-state index in [0.717, 1.165) is 24.4 Å². The van der Waals surface area contributed by atoms with Gasteiger partial charge in [-0.15, -0.1) is 0 Å². The van der Waals surface area contributed by atoms with Gasteiger partial charge in [0.2, 0.25) is 0 Å². The summed E-state index contributed by atoms with van der Waals surface area (Å²) in [6.45, 7) is 5.14. The smallest absolute Gasteiger partial charge is 0.143 e. The number of anilines is 1. The SMILES string of the molecule is CCCc1ccc(C2CNc3c(C)cccc3O2)cc1. The van der Waals surface area contributed by atoms with Crippen molar-refractivity contribution in [2.24, 2.45) is 0 Å². The minimum Gasteiger partial charge on any atom is -0.482 e. The van der Waals surface area contributed by atoms with Crippen LogP contribution in [0.25, 0.3) is 0 Å². The van der Waals surface area contributed by atoms with Crippen molar-refractivity contribution in [3.8, 4) is 5.75 Å². The van der Waals surface area contributed by atoms with E-state index in [9.17, 15) is 0 Å². The fraction of sp³-hybridized carbons (Fsp3) is 0.333. The lowest BCUT2D eigenvalue weighted by molar-refractivity contribution is 0.210. The molecule has 1 atom stereocenters. The Labute approximate surface area is 120 Å². The number of rotatable bonds is 3. The standard InChI is InChI=1S/C18H21NO/c1-3-5-14-8-10-15(11-9-14)17-12-19-18-13(2)6-4-7-16(18)20-17/h4,6-11,17,19H,3,5,12H2,1-2H3. The van der Waals surface area contributed by atoms with Gasteiger partial charge in [-0.25, -0.2) is 0 Å². The molecule has 0 fully saturated rings. The summed E-state index contributed by atoms with van der Waals surface area (Å²) in [5, 5.41) is 3.49. The number of aryl methyl sites for hydroxylation is 2. The van der Waals surface area contributed by atoms with E-state index in [1.54, 1.807) is 0 Å². The number of nitrogens with one attached hydrogen (secondary N) is 1. The zero-order valence-corrected chi connectivity index (χ0v) is 12.1. The molecule has 3 rings (SSSR count). The van der Waals surface area contributed by atoms with Crippen molar-refractivity contribution < 1.29 is 4.74 Å². The summed E-state index contributed by atoms with van der Waals surface area (Å²) in [5.41, 5.74) is 5.01. The van der Waals surface area contributed by atoms with Gasteiger partial charge in [-0.2, -0.15) is 0 Å². The lowest BCUT2D eigenvalue weighted by atomic mass is 10.0. The Balaban J connectivity index is 1.79. The maximum atomic E-state index is 6.14. The molecule has 0 saturated heterocycles. The summed E-state index contributed by atoms with van der Waals surface area (Å²) < 4.78 is 6.14. The van der Waals surface area contributed by atoms with Crippen LogP contribution in [-0.2, 0) is 6.42 Å². The second-order valence-corrected chi connectivity index (χ2v) is 5.43. The summed E-state index contributed by atoms with van der Waals surface area (Å²) in [4.78, 5) is 0. The minimum atomic E-state index is 0.0972. The van der Waals surface area contributed by atoms with Gasteiger partial charge in [0.15, 0.2) is 0 Å². The molecule has 2 heteroatoms. The van der Waals surface area contributed by atoms with Gasteiger partial charge in [0.05, 0.1) is 12.2 Å². The molecule has 1 aliphatic heterocycles. The summed E-state index contributed by atoms with van der Waals surface area (Å²) >= 11 is 0. The predicted octanol–water partition coefficient (Wildman–Crippen LogP) is 4.49. The molecule has 1 aliphatic rings. The van der Waals surface area contributed by atoms with Crippen molar-refractivity contribution in [3.05, 3.63) is 59.2 Å². The van der Waals surface area contributed by atoms with Gasteiger partial charge < -0.3 is 10.1 Å². The Hall–Kier alpha value is -1.96. The average Bonchev–Trinajstić information content (AvgIpc) is 2.48. The molecule has 2 aromatic rings. The van der Waals surface area contributed by atoms with Crippen LogP contribution in [0.4, 0.5) is 5.69 Å². The Kier molecular flexibility index (Phi) is 3.64. The van der Waals surface area contributed by atoms with E-state index in [1.165, 1.54) is 23.1 Å². The first-order valence-electron chi connectivity index (χ1n) is 7.37. The molecule has 104 valence electrons. The Bertz CT molecular complexity index is 589. The number of hydrogen-bond acceptors (Lipinski definition) is 2. The molecular formula is C18H21NO. The van der Waals surface area contributed by atoms with Gasteiger partial charge >= 0.3 is 0 Å². The van der Waals surface area contributed by atoms with Gasteiger partial charge in [-0.1, -0.05) is 49.7 Å². The third-order valence-electron chi connectivity index (χ3n) is 3.86. The molecule has 0 radical (unpaired) electrons. The zero-order chi connectivity index (χ0) is 13.9. The maximum absolute atomic E-state index is 6.14. The number of benzene rings is 2. The van der Waals surface area contributed by atoms with Crippen molar-refractivity contribution >= 4 is 5.69 Å². The fourth-order valence-electron chi connectivity index (χ4n) is 2.73. The van der Waals surface area contributed by atoms with E-state index in [1.807, 2.05) is 12.1 Å². The van der Waals surface area contributed by atoms with E-state index in [-0.39, 0.29) is 6.10 Å². The topological polar surface area (TPSA) is 21.3 Å². The molecule has 2 aromatic carbocycles. The van der Waals surface area contributed by atoms with E-state index in [4.69, 9.17) is 4.74 Å². The monoisotopic (exact) mass is 267 g/mol. The second-order valence-electron chi connectivity index (χ2n) is 5.43. The van der Waals surface area contributed by atoms with Crippen LogP contribution in [0, 0.1) is 6.92 Å². The molecule has 0 aromatic heterocycles. The van der Waals surface area contributed by atoms with Gasteiger partial charge in [0.1, 0.15) is 11.9 Å². The predicted molar refractivity (Wildman–Crippen MR) is 83.5 cm³/mol. The first-order chi connectivity index (χ1) is 9.78. The van der Waals surface area contributed by atoms with Crippen LogP contribution in [-0.4, -0.2) is 6.54 Å². The highest BCUT2D eigenvalue weighted by atomic mass is 16.5. The van der Waals surface area contributed by atoms with Crippen LogP contribution in [0.5, 0.6) is 5.75 Å². The Morgan fingerprint density at radius 2 is 1.95 bits per heavy atom. The summed E-state index contributed by atoms with van der Waals surface area (Å²) in [6, 6.07) is 15.0. The summed E-state index contributed by atoms with van der Waals surface area (Å²) in [5.74, 6) is 0.957. The van der Waals surface area contributed by atoms with Crippen molar-refractivity contribution in [1.29, 1.82) is 0 Å². The number of ether oxygens (including phenoxy) is 1. The number of fused-ring (bicyclic) bond motifs is 1. The third-order valence-corrected chi connectivity index (χ3v) is 3.86. The summed E-state index contributed by atoms with van der Waals surface area (Å²) in [6.07, 6.45) is 2.43. The van der Waals surface area contributed by atoms with Gasteiger partial charge in [-0.05, 0) is 36.1 Å². The maximum Gasteiger partial charge on any atom is 0.143 e. The Morgan fingerprint density at radius 1 is 1.15 bits per heavy atom. The fourth-order valence-corrected chi connectivity index (χ4v) is 2.73. The van der Waals surface area contributed by atoms with Crippen molar-refractivity contribution in [2.75, 3.05) is 11.9 Å². The van der Waals surface area contributed by atoms with Crippen LogP contribution in [0.3, 0.4) is 0 Å². The normalized spacial score (nSPS) is 17.0. The van der Waals surface area contributed by atoms with E-state index >= 15 is 0 Å². The van der Waals surface area contributed by atoms with Crippen molar-refractivity contribution in [2.45, 2.75) is 32.8 Å². The van der Waals surface area contributed by atoms with Crippen LogP contribution in [0.15, 0.2) is 42.5 Å². The van der Waals surface area contributed by atoms with E-state index in [2.05, 4.69) is 49.5 Å². The molecule has 1 heterocycles. The molecule has 0 aliphatic carbocycles. The lowest BCUT2D eigenvalue weighted by Crippen LogP contribution is -2.24. The second kappa shape index (κ2) is 5.58. The zero-order valence-electron chi connectivity index (χ0n) is 12.1. The quantitative estimate of drug-likeness (QED) is 0.884. The van der Waals surface area contributed by atoms with Crippen molar-refractivity contribution in [3.63, 3.8) is 0 Å². The van der Waals surface area contributed by atoms with Crippen LogP contribution in [0.1, 0.15) is 36.1 Å².